The van der Waals surface area contributed by atoms with E-state index in [2.05, 4.69) is 24.5 Å². The van der Waals surface area contributed by atoms with Gasteiger partial charge in [-0.3, -0.25) is 14.9 Å². The van der Waals surface area contributed by atoms with Crippen LogP contribution in [-0.4, -0.2) is 36.6 Å². The molecule has 1 aliphatic carbocycles. The molecule has 1 fully saturated rings. The van der Waals surface area contributed by atoms with E-state index < -0.39 is 11.9 Å². The third kappa shape index (κ3) is 7.68. The normalized spacial score (nSPS) is 14.7. The minimum atomic E-state index is -0.780. The number of benzene rings is 1. The highest BCUT2D eigenvalue weighted by Gasteiger charge is 2.26. The van der Waals surface area contributed by atoms with Crippen LogP contribution in [0.25, 0.3) is 10.4 Å². The third-order valence-electron chi connectivity index (χ3n) is 5.91. The first-order valence-corrected chi connectivity index (χ1v) is 13.1. The number of carbonyl (C=O) groups excluding carboxylic acids is 3. The van der Waals surface area contributed by atoms with Gasteiger partial charge in [-0.15, -0.1) is 11.3 Å². The fourth-order valence-corrected chi connectivity index (χ4v) is 5.67. The molecule has 0 aliphatic heterocycles. The quantitative estimate of drug-likeness (QED) is 0.318. The highest BCUT2D eigenvalue weighted by molar-refractivity contribution is 7.20. The highest BCUT2D eigenvalue weighted by Crippen LogP contribution is 2.39. The van der Waals surface area contributed by atoms with Crippen molar-refractivity contribution in [2.24, 2.45) is 17.4 Å². The van der Waals surface area contributed by atoms with Gasteiger partial charge in [0.1, 0.15) is 17.1 Å². The van der Waals surface area contributed by atoms with E-state index in [0.717, 1.165) is 31.2 Å². The molecule has 8 nitrogen and oxygen atoms in total. The van der Waals surface area contributed by atoms with E-state index in [4.69, 9.17) is 27.8 Å². The fraction of sp³-hybridized carbons (Fsp3) is 0.480. The molecule has 1 heterocycles. The molecule has 1 aromatic carbocycles. The maximum absolute atomic E-state index is 12.7. The summed E-state index contributed by atoms with van der Waals surface area (Å²) in [5.41, 5.74) is 12.5. The number of urea groups is 1. The van der Waals surface area contributed by atoms with E-state index in [1.807, 2.05) is 18.2 Å². The Morgan fingerprint density at radius 2 is 1.89 bits per heavy atom. The van der Waals surface area contributed by atoms with Gasteiger partial charge < -0.3 is 21.5 Å². The van der Waals surface area contributed by atoms with Crippen molar-refractivity contribution in [1.82, 2.24) is 5.32 Å². The first-order valence-electron chi connectivity index (χ1n) is 11.9. The van der Waals surface area contributed by atoms with Crippen LogP contribution in [0.2, 0.25) is 5.02 Å². The fourth-order valence-electron chi connectivity index (χ4n) is 4.20. The van der Waals surface area contributed by atoms with Crippen LogP contribution in [0.4, 0.5) is 9.80 Å². The van der Waals surface area contributed by atoms with Crippen molar-refractivity contribution in [2.75, 3.05) is 11.9 Å². The smallest absolute Gasteiger partial charge is 0.323 e. The Balaban J connectivity index is 1.64. The molecule has 1 aromatic heterocycles. The van der Waals surface area contributed by atoms with Crippen LogP contribution in [-0.2, 0) is 16.0 Å². The number of ether oxygens (including phenoxy) is 1. The Bertz CT molecular complexity index is 1070. The number of esters is 1. The molecular formula is C25H33ClN4O4S. The van der Waals surface area contributed by atoms with E-state index in [9.17, 15) is 14.4 Å². The molecule has 0 saturated heterocycles. The minimum absolute atomic E-state index is 0.0522. The molecule has 35 heavy (non-hydrogen) atoms. The van der Waals surface area contributed by atoms with Gasteiger partial charge in [0.15, 0.2) is 0 Å². The number of primary amides is 2. The lowest BCUT2D eigenvalue weighted by atomic mass is 10.0. The molecule has 3 rings (SSSR count). The third-order valence-corrected chi connectivity index (χ3v) is 7.31. The molecular weight excluding hydrogens is 488 g/mol. The van der Waals surface area contributed by atoms with Gasteiger partial charge in [0.2, 0.25) is 0 Å². The van der Waals surface area contributed by atoms with Crippen molar-refractivity contribution in [1.29, 1.82) is 0 Å². The van der Waals surface area contributed by atoms with Gasteiger partial charge in [-0.1, -0.05) is 37.6 Å². The number of nitrogens with two attached hydrogens (primary N) is 2. The first-order chi connectivity index (χ1) is 16.6. The van der Waals surface area contributed by atoms with Gasteiger partial charge in [0.05, 0.1) is 5.56 Å². The number of amides is 3. The molecule has 1 aliphatic rings. The van der Waals surface area contributed by atoms with Crippen molar-refractivity contribution in [3.05, 3.63) is 40.4 Å². The molecule has 3 amide bonds. The van der Waals surface area contributed by atoms with Gasteiger partial charge in [-0.25, -0.2) is 4.79 Å². The molecule has 0 unspecified atom stereocenters. The van der Waals surface area contributed by atoms with Crippen molar-refractivity contribution in [3.8, 4) is 10.4 Å². The second-order valence-electron chi connectivity index (χ2n) is 9.25. The Kier molecular flexibility index (Phi) is 9.54. The largest absolute Gasteiger partial charge is 0.461 e. The van der Waals surface area contributed by atoms with E-state index in [1.54, 1.807) is 6.07 Å². The standard InChI is InChI=1S/C25H33ClN4O4S/c1-14(2)11-20(24(32)34-16-5-3-4-6-16)29-10-9-15-7-8-17(19(26)12-15)21-13-18(22(27)31)23(35-21)30-25(28)33/h7-8,12-14,16,20,29H,3-6,9-11H2,1-2H3,(H2,27,31)(H3,28,30,33)/t20-/m1/s1. The van der Waals surface area contributed by atoms with Crippen LogP contribution in [0.15, 0.2) is 24.3 Å². The monoisotopic (exact) mass is 520 g/mol. The molecule has 2 aromatic rings. The predicted molar refractivity (Wildman–Crippen MR) is 140 cm³/mol. The number of anilines is 1. The van der Waals surface area contributed by atoms with E-state index in [-0.39, 0.29) is 28.7 Å². The summed E-state index contributed by atoms with van der Waals surface area (Å²) in [5.74, 6) is -0.470. The lowest BCUT2D eigenvalue weighted by molar-refractivity contribution is -0.151. The summed E-state index contributed by atoms with van der Waals surface area (Å²) in [5, 5.41) is 6.57. The molecule has 190 valence electrons. The van der Waals surface area contributed by atoms with Gasteiger partial charge in [0, 0.05) is 15.5 Å². The van der Waals surface area contributed by atoms with Gasteiger partial charge >= 0.3 is 12.0 Å². The van der Waals surface area contributed by atoms with Crippen LogP contribution < -0.4 is 22.1 Å². The molecule has 0 bridgehead atoms. The lowest BCUT2D eigenvalue weighted by Crippen LogP contribution is -2.41. The summed E-state index contributed by atoms with van der Waals surface area (Å²) >= 11 is 7.72. The van der Waals surface area contributed by atoms with Crippen molar-refractivity contribution < 1.29 is 19.1 Å². The molecule has 6 N–H and O–H groups in total. The van der Waals surface area contributed by atoms with Crippen molar-refractivity contribution in [2.45, 2.75) is 64.5 Å². The molecule has 10 heteroatoms. The summed E-state index contributed by atoms with van der Waals surface area (Å²) in [7, 11) is 0. The average molecular weight is 521 g/mol. The Hall–Kier alpha value is -2.62. The maximum Gasteiger partial charge on any atom is 0.323 e. The molecule has 0 spiro atoms. The topological polar surface area (TPSA) is 137 Å². The number of carbonyl (C=O) groups is 3. The number of hydrogen-bond acceptors (Lipinski definition) is 6. The SMILES string of the molecule is CC(C)C[C@@H](NCCc1ccc(-c2cc(C(N)=O)c(NC(N)=O)s2)c(Cl)c1)C(=O)OC1CCCC1. The minimum Gasteiger partial charge on any atom is -0.461 e. The van der Waals surface area contributed by atoms with Crippen LogP contribution in [0.5, 0.6) is 0 Å². The molecule has 1 atom stereocenters. The zero-order chi connectivity index (χ0) is 25.5. The highest BCUT2D eigenvalue weighted by atomic mass is 35.5. The summed E-state index contributed by atoms with van der Waals surface area (Å²) in [6.07, 6.45) is 5.60. The lowest BCUT2D eigenvalue weighted by Gasteiger charge is -2.21. The van der Waals surface area contributed by atoms with Gasteiger partial charge in [0.25, 0.3) is 5.91 Å². The maximum atomic E-state index is 12.7. The summed E-state index contributed by atoms with van der Waals surface area (Å²) in [4.78, 5) is 36.4. The van der Waals surface area contributed by atoms with Crippen LogP contribution >= 0.6 is 22.9 Å². The summed E-state index contributed by atoms with van der Waals surface area (Å²) in [6, 6.07) is 6.15. The molecule has 1 saturated carbocycles. The van der Waals surface area contributed by atoms with Gasteiger partial charge in [-0.05, 0) is 68.7 Å². The Morgan fingerprint density at radius 3 is 2.49 bits per heavy atom. The average Bonchev–Trinajstić information content (AvgIpc) is 3.42. The number of halogens is 1. The summed E-state index contributed by atoms with van der Waals surface area (Å²) < 4.78 is 5.73. The second kappa shape index (κ2) is 12.4. The predicted octanol–water partition coefficient (Wildman–Crippen LogP) is 4.69. The van der Waals surface area contributed by atoms with Crippen molar-refractivity contribution in [3.63, 3.8) is 0 Å². The van der Waals surface area contributed by atoms with Gasteiger partial charge in [-0.2, -0.15) is 0 Å². The van der Waals surface area contributed by atoms with Crippen LogP contribution in [0.1, 0.15) is 61.9 Å². The number of rotatable bonds is 11. The number of nitrogens with one attached hydrogen (secondary N) is 2. The zero-order valence-corrected chi connectivity index (χ0v) is 21.6. The van der Waals surface area contributed by atoms with Crippen LogP contribution in [0.3, 0.4) is 0 Å². The Labute approximate surface area is 214 Å². The second-order valence-corrected chi connectivity index (χ2v) is 10.7. The zero-order valence-electron chi connectivity index (χ0n) is 20.1. The number of thiophene rings is 1. The van der Waals surface area contributed by atoms with E-state index >= 15 is 0 Å². The van der Waals surface area contributed by atoms with E-state index in [1.165, 1.54) is 11.3 Å². The van der Waals surface area contributed by atoms with Crippen LogP contribution in [0, 0.1) is 5.92 Å². The Morgan fingerprint density at radius 1 is 1.17 bits per heavy atom. The first kappa shape index (κ1) is 27.0. The van der Waals surface area contributed by atoms with E-state index in [0.29, 0.717) is 40.8 Å². The summed E-state index contributed by atoms with van der Waals surface area (Å²) in [6.45, 7) is 4.79. The number of hydrogen-bond donors (Lipinski definition) is 4. The molecule has 0 radical (unpaired) electrons. The van der Waals surface area contributed by atoms with Crippen molar-refractivity contribution >= 4 is 45.8 Å².